The number of rotatable bonds is 6. The number of aryl methyl sites for hydroxylation is 2. The molecule has 7 nitrogen and oxygen atoms in total. The van der Waals surface area contributed by atoms with Gasteiger partial charge in [0.05, 0.1) is 16.5 Å². The van der Waals surface area contributed by atoms with Crippen molar-refractivity contribution in [2.45, 2.75) is 39.7 Å². The zero-order chi connectivity index (χ0) is 20.3. The molecular weight excluding hydrogens is 358 g/mol. The van der Waals surface area contributed by atoms with E-state index in [2.05, 4.69) is 29.5 Å². The first-order valence-electron chi connectivity index (χ1n) is 9.26. The molecule has 1 amide bonds. The molecule has 0 aliphatic rings. The van der Waals surface area contributed by atoms with Gasteiger partial charge in [0.2, 0.25) is 0 Å². The highest BCUT2D eigenvalue weighted by atomic mass is 16.4. The number of aromatic nitrogens is 2. The van der Waals surface area contributed by atoms with Crippen molar-refractivity contribution in [3.05, 3.63) is 69.0 Å². The summed E-state index contributed by atoms with van der Waals surface area (Å²) in [5.41, 5.74) is 2.79. The van der Waals surface area contributed by atoms with Gasteiger partial charge in [-0.25, -0.2) is 9.59 Å². The lowest BCUT2D eigenvalue weighted by molar-refractivity contribution is 0.0699. The van der Waals surface area contributed by atoms with E-state index in [0.717, 1.165) is 35.1 Å². The van der Waals surface area contributed by atoms with Crippen LogP contribution in [0.25, 0.3) is 10.9 Å². The molecule has 1 heterocycles. The van der Waals surface area contributed by atoms with E-state index in [1.807, 2.05) is 13.0 Å². The fraction of sp³-hybridized carbons (Fsp3) is 0.286. The summed E-state index contributed by atoms with van der Waals surface area (Å²) < 4.78 is 0.808. The fourth-order valence-electron chi connectivity index (χ4n) is 3.22. The first-order chi connectivity index (χ1) is 13.4. The van der Waals surface area contributed by atoms with E-state index in [-0.39, 0.29) is 17.5 Å². The molecule has 2 aromatic carbocycles. The summed E-state index contributed by atoms with van der Waals surface area (Å²) in [5, 5.41) is 14.6. The molecule has 3 aromatic rings. The Hall–Kier alpha value is -3.35. The Morgan fingerprint density at radius 1 is 1.21 bits per heavy atom. The van der Waals surface area contributed by atoms with Crippen molar-refractivity contribution < 1.29 is 14.7 Å². The van der Waals surface area contributed by atoms with Crippen molar-refractivity contribution in [2.24, 2.45) is 0 Å². The van der Waals surface area contributed by atoms with Gasteiger partial charge in [-0.15, -0.1) is 0 Å². The zero-order valence-corrected chi connectivity index (χ0v) is 15.9. The van der Waals surface area contributed by atoms with Crippen LogP contribution in [0, 0.1) is 6.92 Å². The summed E-state index contributed by atoms with van der Waals surface area (Å²) in [4.78, 5) is 36.3. The average molecular weight is 381 g/mol. The third-order valence-corrected chi connectivity index (χ3v) is 4.80. The minimum Gasteiger partial charge on any atom is -0.478 e. The molecule has 1 aromatic heterocycles. The van der Waals surface area contributed by atoms with Crippen LogP contribution in [0.3, 0.4) is 0 Å². The van der Waals surface area contributed by atoms with Gasteiger partial charge in [0.25, 0.3) is 5.56 Å². The largest absolute Gasteiger partial charge is 0.478 e. The molecule has 0 bridgehead atoms. The number of carbonyl (C=O) groups is 2. The Bertz CT molecular complexity index is 1090. The lowest BCUT2D eigenvalue weighted by Crippen LogP contribution is -2.35. The van der Waals surface area contributed by atoms with E-state index in [9.17, 15) is 19.5 Å². The van der Waals surface area contributed by atoms with E-state index in [0.29, 0.717) is 5.52 Å². The summed E-state index contributed by atoms with van der Waals surface area (Å²) in [6.45, 7) is 4.42. The summed E-state index contributed by atoms with van der Waals surface area (Å²) in [7, 11) is 0. The van der Waals surface area contributed by atoms with Crippen LogP contribution in [0.1, 0.15) is 46.8 Å². The van der Waals surface area contributed by atoms with Gasteiger partial charge in [-0.05, 0) is 48.6 Å². The SMILES string of the molecule is CCCCc1ccc(CNC(=O)n2[nH]c3cccc(C(=O)O)c3c2=O)c(C)c1. The second-order valence-electron chi connectivity index (χ2n) is 6.81. The number of fused-ring (bicyclic) bond motifs is 1. The first kappa shape index (κ1) is 19.4. The van der Waals surface area contributed by atoms with Crippen LogP contribution in [0.2, 0.25) is 0 Å². The third-order valence-electron chi connectivity index (χ3n) is 4.80. The summed E-state index contributed by atoms with van der Waals surface area (Å²) in [6.07, 6.45) is 3.30. The Balaban J connectivity index is 1.79. The predicted octanol–water partition coefficient (Wildman–Crippen LogP) is 3.44. The number of carbonyl (C=O) groups excluding carboxylic acids is 1. The predicted molar refractivity (Wildman–Crippen MR) is 107 cm³/mol. The van der Waals surface area contributed by atoms with E-state index >= 15 is 0 Å². The van der Waals surface area contributed by atoms with Crippen molar-refractivity contribution in [1.29, 1.82) is 0 Å². The summed E-state index contributed by atoms with van der Waals surface area (Å²) in [6, 6.07) is 9.94. The van der Waals surface area contributed by atoms with Gasteiger partial charge in [0.1, 0.15) is 0 Å². The van der Waals surface area contributed by atoms with Gasteiger partial charge in [0, 0.05) is 6.54 Å². The molecule has 0 fully saturated rings. The highest BCUT2D eigenvalue weighted by Crippen LogP contribution is 2.15. The van der Waals surface area contributed by atoms with Crippen molar-refractivity contribution >= 4 is 22.9 Å². The van der Waals surface area contributed by atoms with Crippen molar-refractivity contribution in [3.63, 3.8) is 0 Å². The number of H-pyrrole nitrogens is 1. The first-order valence-corrected chi connectivity index (χ1v) is 9.26. The number of benzene rings is 2. The van der Waals surface area contributed by atoms with E-state index in [4.69, 9.17) is 0 Å². The lowest BCUT2D eigenvalue weighted by atomic mass is 10.0. The number of hydrogen-bond donors (Lipinski definition) is 3. The second-order valence-corrected chi connectivity index (χ2v) is 6.81. The number of amides is 1. The minimum atomic E-state index is -1.21. The molecule has 0 radical (unpaired) electrons. The molecule has 3 rings (SSSR count). The standard InChI is InChI=1S/C21H23N3O4/c1-3-4-6-14-9-10-15(13(2)11-14)12-22-21(28)24-19(25)18-16(20(26)27)7-5-8-17(18)23-24/h5,7-11,23H,3-4,6,12H2,1-2H3,(H,22,28)(H,26,27). The van der Waals surface area contributed by atoms with Gasteiger partial charge in [-0.2, -0.15) is 4.68 Å². The molecule has 0 saturated heterocycles. The Kier molecular flexibility index (Phi) is 5.63. The van der Waals surface area contributed by atoms with Crippen LogP contribution < -0.4 is 10.9 Å². The van der Waals surface area contributed by atoms with Gasteiger partial charge in [-0.1, -0.05) is 37.6 Å². The highest BCUT2D eigenvalue weighted by molar-refractivity contribution is 6.03. The van der Waals surface area contributed by atoms with Crippen molar-refractivity contribution in [3.8, 4) is 0 Å². The van der Waals surface area contributed by atoms with Crippen LogP contribution in [-0.2, 0) is 13.0 Å². The zero-order valence-electron chi connectivity index (χ0n) is 15.9. The number of carboxylic acids is 1. The third kappa shape index (κ3) is 3.83. The number of aromatic carboxylic acids is 1. The van der Waals surface area contributed by atoms with E-state index < -0.39 is 17.6 Å². The molecule has 7 heteroatoms. The molecule has 0 spiro atoms. The monoisotopic (exact) mass is 381 g/mol. The van der Waals surface area contributed by atoms with Gasteiger partial charge in [0.15, 0.2) is 0 Å². The highest BCUT2D eigenvalue weighted by Gasteiger charge is 2.18. The summed E-state index contributed by atoms with van der Waals surface area (Å²) in [5.74, 6) is -1.21. The Morgan fingerprint density at radius 3 is 2.68 bits per heavy atom. The number of unbranched alkanes of at least 4 members (excludes halogenated alkanes) is 1. The maximum Gasteiger partial charge on any atom is 0.343 e. The molecule has 0 aliphatic heterocycles. The van der Waals surface area contributed by atoms with Crippen LogP contribution in [0.15, 0.2) is 41.2 Å². The number of aromatic amines is 1. The minimum absolute atomic E-state index is 0.0124. The lowest BCUT2D eigenvalue weighted by Gasteiger charge is -2.10. The van der Waals surface area contributed by atoms with Crippen LogP contribution >= 0.6 is 0 Å². The number of carboxylic acid groups (broad SMARTS) is 1. The Morgan fingerprint density at radius 2 is 2.00 bits per heavy atom. The number of nitrogens with one attached hydrogen (secondary N) is 2. The number of nitrogens with zero attached hydrogens (tertiary/aromatic N) is 1. The maximum absolute atomic E-state index is 12.5. The van der Waals surface area contributed by atoms with E-state index in [1.54, 1.807) is 6.07 Å². The topological polar surface area (TPSA) is 104 Å². The molecular formula is C21H23N3O4. The molecule has 0 aliphatic carbocycles. The van der Waals surface area contributed by atoms with Crippen LogP contribution in [0.5, 0.6) is 0 Å². The van der Waals surface area contributed by atoms with Crippen molar-refractivity contribution in [1.82, 2.24) is 15.1 Å². The van der Waals surface area contributed by atoms with E-state index in [1.165, 1.54) is 17.7 Å². The van der Waals surface area contributed by atoms with Crippen molar-refractivity contribution in [2.75, 3.05) is 0 Å². The summed E-state index contributed by atoms with van der Waals surface area (Å²) >= 11 is 0. The van der Waals surface area contributed by atoms with Crippen LogP contribution in [-0.4, -0.2) is 26.9 Å². The molecule has 0 saturated carbocycles. The molecule has 146 valence electrons. The van der Waals surface area contributed by atoms with Gasteiger partial charge in [-0.3, -0.25) is 9.89 Å². The fourth-order valence-corrected chi connectivity index (χ4v) is 3.22. The maximum atomic E-state index is 12.5. The molecule has 3 N–H and O–H groups in total. The number of hydrogen-bond acceptors (Lipinski definition) is 3. The van der Waals surface area contributed by atoms with Crippen LogP contribution in [0.4, 0.5) is 4.79 Å². The molecule has 0 atom stereocenters. The van der Waals surface area contributed by atoms with Gasteiger partial charge >= 0.3 is 12.0 Å². The molecule has 0 unspecified atom stereocenters. The smallest absolute Gasteiger partial charge is 0.343 e. The Labute approximate surface area is 162 Å². The average Bonchev–Trinajstić information content (AvgIpc) is 3.02. The molecule has 28 heavy (non-hydrogen) atoms. The quantitative estimate of drug-likeness (QED) is 0.608. The second kappa shape index (κ2) is 8.12. The van der Waals surface area contributed by atoms with Gasteiger partial charge < -0.3 is 10.4 Å². The normalized spacial score (nSPS) is 10.9.